The maximum absolute atomic E-state index is 10.8. The molecule has 4 nitrogen and oxygen atoms in total. The fraction of sp³-hybridized carbons (Fsp3) is 0.357. The van der Waals surface area contributed by atoms with Crippen molar-refractivity contribution in [3.63, 3.8) is 0 Å². The first kappa shape index (κ1) is 51.5. The molecule has 188 valence electrons. The number of carbonyl (C=O) groups is 2. The Bertz CT molecular complexity index is 649. The molecule has 0 aliphatic rings. The third-order valence-electron chi connectivity index (χ3n) is 2.85. The van der Waals surface area contributed by atoms with Crippen LogP contribution in [0, 0.1) is 0 Å². The van der Waals surface area contributed by atoms with E-state index in [0.717, 1.165) is 0 Å². The van der Waals surface area contributed by atoms with Gasteiger partial charge >= 0.3 is 0 Å². The first-order valence-electron chi connectivity index (χ1n) is 7.96. The first-order valence-corrected chi connectivity index (χ1v) is 7.96. The van der Waals surface area contributed by atoms with Crippen LogP contribution in [0.4, 0.5) is 0 Å². The van der Waals surface area contributed by atoms with E-state index in [1.165, 1.54) is 26.0 Å². The molecule has 0 heterocycles. The third kappa shape index (κ3) is 41.3. The Balaban J connectivity index is -0.0000000520. The van der Waals surface area contributed by atoms with Crippen LogP contribution in [0.2, 0.25) is 0 Å². The van der Waals surface area contributed by atoms with E-state index in [1.54, 1.807) is 74.6 Å². The molecule has 0 bridgehead atoms. The molecule has 0 N–H and O–H groups in total. The molecule has 0 radical (unpaired) electrons. The molecule has 0 fully saturated rings. The minimum atomic E-state index is 0. The molecule has 0 saturated carbocycles. The standard InChI is InChI=1S/C13H18O2.C9H10O2.6CH4/c1-10(12(3)14)8-6-5-7-9-11(2)13(4)15;10-8-6-4-2-1-3-5-7-9-11;;;;;;/h5-9,14H,1-4H3;1-10H;6*1H4/p-2/b7-5?,8-6?,11-9-,12-10-;3-1?,4-2?,7-5-,8-6-;;;;;;. The van der Waals surface area contributed by atoms with Gasteiger partial charge in [0.25, 0.3) is 0 Å². The summed E-state index contributed by atoms with van der Waals surface area (Å²) in [4.78, 5) is 20.6. The van der Waals surface area contributed by atoms with Crippen LogP contribution < -0.4 is 10.2 Å². The summed E-state index contributed by atoms with van der Waals surface area (Å²) in [6, 6.07) is 0. The zero-order valence-corrected chi connectivity index (χ0v) is 15.7. The molecule has 4 heteroatoms. The average molecular weight is 451 g/mol. The zero-order valence-electron chi connectivity index (χ0n) is 15.7. The van der Waals surface area contributed by atoms with Crippen molar-refractivity contribution in [1.29, 1.82) is 0 Å². The summed E-state index contributed by atoms with van der Waals surface area (Å²) in [7, 11) is 0. The highest BCUT2D eigenvalue weighted by Crippen LogP contribution is 1.99. The topological polar surface area (TPSA) is 80.3 Å². The van der Waals surface area contributed by atoms with Crippen molar-refractivity contribution in [2.45, 2.75) is 72.3 Å². The van der Waals surface area contributed by atoms with Gasteiger partial charge in [0.15, 0.2) is 5.78 Å². The van der Waals surface area contributed by atoms with E-state index in [9.17, 15) is 19.8 Å². The van der Waals surface area contributed by atoms with Crippen molar-refractivity contribution in [1.82, 2.24) is 0 Å². The molecule has 0 aromatic heterocycles. The normalized spacial score (nSPS) is 11.3. The highest BCUT2D eigenvalue weighted by Gasteiger charge is 1.90. The second kappa shape index (κ2) is 38.5. The van der Waals surface area contributed by atoms with Crippen molar-refractivity contribution in [3.05, 3.63) is 96.1 Å². The number of hydrogen-bond donors (Lipinski definition) is 0. The third-order valence-corrected chi connectivity index (χ3v) is 2.85. The Labute approximate surface area is 200 Å². The van der Waals surface area contributed by atoms with Crippen molar-refractivity contribution in [2.75, 3.05) is 0 Å². The molecule has 0 aliphatic carbocycles. The van der Waals surface area contributed by atoms with Gasteiger partial charge in [-0.25, -0.2) is 0 Å². The largest absolute Gasteiger partial charge is 0.878 e. The minimum absolute atomic E-state index is 0. The Morgan fingerprint density at radius 2 is 1.03 bits per heavy atom. The highest BCUT2D eigenvalue weighted by atomic mass is 16.3. The van der Waals surface area contributed by atoms with Gasteiger partial charge in [0.05, 0.1) is 0 Å². The average Bonchev–Trinajstić information content (AvgIpc) is 2.60. The van der Waals surface area contributed by atoms with Gasteiger partial charge in [0, 0.05) is 0 Å². The van der Waals surface area contributed by atoms with Crippen LogP contribution in [0.3, 0.4) is 0 Å². The second-order valence-electron chi connectivity index (χ2n) is 5.01. The van der Waals surface area contributed by atoms with E-state index in [1.807, 2.05) is 0 Å². The fourth-order valence-corrected chi connectivity index (χ4v) is 1.11. The molecule has 0 unspecified atom stereocenters. The van der Waals surface area contributed by atoms with Crippen LogP contribution in [0.1, 0.15) is 72.3 Å². The molecule has 0 atom stereocenters. The summed E-state index contributed by atoms with van der Waals surface area (Å²) in [5, 5.41) is 20.6. The van der Waals surface area contributed by atoms with Crippen LogP contribution >= 0.6 is 0 Å². The quantitative estimate of drug-likeness (QED) is 0.176. The minimum Gasteiger partial charge on any atom is -0.878 e. The summed E-state index contributed by atoms with van der Waals surface area (Å²) in [6.45, 7) is 6.60. The van der Waals surface area contributed by atoms with Crippen LogP contribution in [0.15, 0.2) is 96.1 Å². The summed E-state index contributed by atoms with van der Waals surface area (Å²) < 4.78 is 0. The van der Waals surface area contributed by atoms with Crippen LogP contribution in [0.5, 0.6) is 0 Å². The van der Waals surface area contributed by atoms with E-state index in [-0.39, 0.29) is 56.1 Å². The molecule has 0 saturated heterocycles. The van der Waals surface area contributed by atoms with E-state index in [0.29, 0.717) is 23.7 Å². The lowest BCUT2D eigenvalue weighted by molar-refractivity contribution is -0.303. The van der Waals surface area contributed by atoms with Crippen molar-refractivity contribution >= 4 is 12.1 Å². The van der Waals surface area contributed by atoms with Gasteiger partial charge in [-0.15, -0.1) is 12.0 Å². The van der Waals surface area contributed by atoms with E-state index < -0.39 is 0 Å². The number of allylic oxidation sites excluding steroid dienone is 15. The van der Waals surface area contributed by atoms with Gasteiger partial charge in [-0.3, -0.25) is 9.59 Å². The maximum Gasteiger partial charge on any atom is 0.155 e. The summed E-state index contributed by atoms with van der Waals surface area (Å²) in [6.07, 6.45) is 21.3. The molecule has 32 heavy (non-hydrogen) atoms. The molecule has 0 aromatic rings. The molecule has 0 amide bonds. The van der Waals surface area contributed by atoms with Gasteiger partial charge in [0.2, 0.25) is 0 Å². The lowest BCUT2D eigenvalue weighted by Gasteiger charge is -2.05. The Kier molecular flexibility index (Phi) is 61.9. The number of Topliss-reactive ketones (excluding diaryl/α,β-unsaturated/α-hetero) is 1. The predicted molar refractivity (Wildman–Crippen MR) is 144 cm³/mol. The Hall–Kier alpha value is -3.14. The molecule has 0 spiro atoms. The van der Waals surface area contributed by atoms with E-state index >= 15 is 0 Å². The fourth-order valence-electron chi connectivity index (χ4n) is 1.11. The Morgan fingerprint density at radius 1 is 0.625 bits per heavy atom. The lowest BCUT2D eigenvalue weighted by Crippen LogP contribution is -1.99. The van der Waals surface area contributed by atoms with E-state index in [2.05, 4.69) is 0 Å². The van der Waals surface area contributed by atoms with Crippen LogP contribution in [-0.4, -0.2) is 12.1 Å². The van der Waals surface area contributed by atoms with Gasteiger partial charge in [-0.05, 0) is 32.4 Å². The van der Waals surface area contributed by atoms with Crippen LogP contribution in [-0.2, 0) is 9.59 Å². The number of rotatable bonds is 8. The summed E-state index contributed by atoms with van der Waals surface area (Å²) in [5.74, 6) is 0.130. The van der Waals surface area contributed by atoms with Gasteiger partial charge in [-0.2, -0.15) is 0 Å². The van der Waals surface area contributed by atoms with Gasteiger partial charge in [-0.1, -0.05) is 124 Å². The smallest absolute Gasteiger partial charge is 0.155 e. The number of ketones is 1. The number of hydrogen-bond acceptors (Lipinski definition) is 4. The van der Waals surface area contributed by atoms with Gasteiger partial charge in [0.1, 0.15) is 6.29 Å². The summed E-state index contributed by atoms with van der Waals surface area (Å²) in [5.41, 5.74) is 1.43. The molecular formula is C28H50O4-2. The van der Waals surface area contributed by atoms with Gasteiger partial charge < -0.3 is 10.2 Å². The SMILES string of the molecule is C.C.C.C.C.C.CC(=O)/C(C)=C\C=CC=C/C(C)=C(/C)[O-].O=C/C=C\C=CC=C/C=C\[O-]. The second-order valence-corrected chi connectivity index (χ2v) is 5.01. The van der Waals surface area contributed by atoms with Crippen molar-refractivity contribution in [2.24, 2.45) is 0 Å². The number of aldehydes is 1. The molecule has 0 aliphatic heterocycles. The highest BCUT2D eigenvalue weighted by molar-refractivity contribution is 5.92. The van der Waals surface area contributed by atoms with Crippen LogP contribution in [0.25, 0.3) is 0 Å². The zero-order chi connectivity index (χ0) is 20.2. The lowest BCUT2D eigenvalue weighted by atomic mass is 10.2. The molecule has 0 aromatic carbocycles. The summed E-state index contributed by atoms with van der Waals surface area (Å²) >= 11 is 0. The number of carbonyl (C=O) groups excluding carboxylic acids is 2. The monoisotopic (exact) mass is 450 g/mol. The molecule has 0 rings (SSSR count). The predicted octanol–water partition coefficient (Wildman–Crippen LogP) is 6.83. The molecular weight excluding hydrogens is 400 g/mol. The Morgan fingerprint density at radius 3 is 1.41 bits per heavy atom. The van der Waals surface area contributed by atoms with Crippen molar-refractivity contribution in [3.8, 4) is 0 Å². The first-order chi connectivity index (χ1) is 12.4. The van der Waals surface area contributed by atoms with E-state index in [4.69, 9.17) is 0 Å². The maximum atomic E-state index is 10.8. The van der Waals surface area contributed by atoms with Crippen molar-refractivity contribution < 1.29 is 19.8 Å².